The van der Waals surface area contributed by atoms with Crippen LogP contribution in [0.4, 0.5) is 0 Å². The predicted octanol–water partition coefficient (Wildman–Crippen LogP) is 4.20. The SMILES string of the molecule is CCc1ccc(CCCC(C)Cl)cc1. The minimum absolute atomic E-state index is 0.310. The second-order valence-corrected chi connectivity index (χ2v) is 4.59. The summed E-state index contributed by atoms with van der Waals surface area (Å²) in [6.45, 7) is 4.24. The summed E-state index contributed by atoms with van der Waals surface area (Å²) >= 11 is 5.89. The number of hydrogen-bond acceptors (Lipinski definition) is 0. The first kappa shape index (κ1) is 11.6. The van der Waals surface area contributed by atoms with Crippen LogP contribution in [0.1, 0.15) is 37.8 Å². The van der Waals surface area contributed by atoms with Crippen molar-refractivity contribution in [2.75, 3.05) is 0 Å². The van der Waals surface area contributed by atoms with E-state index in [1.165, 1.54) is 17.5 Å². The smallest absolute Gasteiger partial charge is 0.0308 e. The fourth-order valence-electron chi connectivity index (χ4n) is 1.53. The molecular formula is C13H19Cl. The normalized spacial score (nSPS) is 12.8. The monoisotopic (exact) mass is 210 g/mol. The Labute approximate surface area is 92.3 Å². The van der Waals surface area contributed by atoms with Crippen molar-refractivity contribution in [2.24, 2.45) is 0 Å². The maximum absolute atomic E-state index is 5.89. The molecule has 78 valence electrons. The maximum Gasteiger partial charge on any atom is 0.0308 e. The predicted molar refractivity (Wildman–Crippen MR) is 64.1 cm³/mol. The average Bonchev–Trinajstić information content (AvgIpc) is 2.18. The molecule has 0 bridgehead atoms. The molecule has 0 amide bonds. The molecule has 0 aliphatic heterocycles. The Morgan fingerprint density at radius 2 is 1.71 bits per heavy atom. The molecule has 0 fully saturated rings. The molecule has 1 rings (SSSR count). The van der Waals surface area contributed by atoms with Crippen LogP contribution in [0.25, 0.3) is 0 Å². The fraction of sp³-hybridized carbons (Fsp3) is 0.538. The van der Waals surface area contributed by atoms with E-state index in [1.54, 1.807) is 0 Å². The number of rotatable bonds is 5. The van der Waals surface area contributed by atoms with Gasteiger partial charge in [0, 0.05) is 5.38 Å². The molecule has 0 heterocycles. The van der Waals surface area contributed by atoms with E-state index in [0.29, 0.717) is 5.38 Å². The van der Waals surface area contributed by atoms with E-state index in [-0.39, 0.29) is 0 Å². The summed E-state index contributed by atoms with van der Waals surface area (Å²) in [4.78, 5) is 0. The van der Waals surface area contributed by atoms with Gasteiger partial charge in [0.25, 0.3) is 0 Å². The Balaban J connectivity index is 2.36. The van der Waals surface area contributed by atoms with Crippen LogP contribution in [0.5, 0.6) is 0 Å². The second-order valence-electron chi connectivity index (χ2n) is 3.84. The molecule has 14 heavy (non-hydrogen) atoms. The van der Waals surface area contributed by atoms with Gasteiger partial charge in [0.1, 0.15) is 0 Å². The Morgan fingerprint density at radius 1 is 1.14 bits per heavy atom. The molecule has 0 saturated heterocycles. The van der Waals surface area contributed by atoms with E-state index in [2.05, 4.69) is 38.1 Å². The molecule has 0 radical (unpaired) electrons. The molecule has 1 atom stereocenters. The van der Waals surface area contributed by atoms with E-state index in [9.17, 15) is 0 Å². The molecule has 0 nitrogen and oxygen atoms in total. The molecule has 0 aliphatic carbocycles. The van der Waals surface area contributed by atoms with Crippen molar-refractivity contribution < 1.29 is 0 Å². The number of hydrogen-bond donors (Lipinski definition) is 0. The van der Waals surface area contributed by atoms with Gasteiger partial charge in [-0.15, -0.1) is 11.6 Å². The lowest BCUT2D eigenvalue weighted by atomic mass is 10.0. The summed E-state index contributed by atoms with van der Waals surface area (Å²) in [7, 11) is 0. The van der Waals surface area contributed by atoms with Gasteiger partial charge >= 0.3 is 0 Å². The summed E-state index contributed by atoms with van der Waals surface area (Å²) in [5, 5.41) is 0.310. The Morgan fingerprint density at radius 3 is 2.21 bits per heavy atom. The Kier molecular flexibility index (Phi) is 5.03. The van der Waals surface area contributed by atoms with E-state index >= 15 is 0 Å². The van der Waals surface area contributed by atoms with Crippen LogP contribution in [0.2, 0.25) is 0 Å². The van der Waals surface area contributed by atoms with Gasteiger partial charge < -0.3 is 0 Å². The molecule has 1 heteroatoms. The standard InChI is InChI=1S/C13H19Cl/c1-3-12-7-9-13(10-8-12)6-4-5-11(2)14/h7-11H,3-6H2,1-2H3. The number of halogens is 1. The van der Waals surface area contributed by atoms with E-state index in [1.807, 2.05) is 0 Å². The van der Waals surface area contributed by atoms with Crippen LogP contribution >= 0.6 is 11.6 Å². The lowest BCUT2D eigenvalue weighted by molar-refractivity contribution is 0.723. The maximum atomic E-state index is 5.89. The molecule has 0 spiro atoms. The van der Waals surface area contributed by atoms with Crippen molar-refractivity contribution >= 4 is 11.6 Å². The van der Waals surface area contributed by atoms with Gasteiger partial charge in [-0.2, -0.15) is 0 Å². The first-order chi connectivity index (χ1) is 6.72. The molecule has 0 N–H and O–H groups in total. The van der Waals surface area contributed by atoms with Crippen LogP contribution in [0.15, 0.2) is 24.3 Å². The van der Waals surface area contributed by atoms with Gasteiger partial charge in [0.05, 0.1) is 0 Å². The van der Waals surface area contributed by atoms with Crippen LogP contribution < -0.4 is 0 Å². The third-order valence-corrected chi connectivity index (χ3v) is 2.72. The molecule has 0 aliphatic rings. The highest BCUT2D eigenvalue weighted by Gasteiger charge is 1.97. The van der Waals surface area contributed by atoms with Crippen LogP contribution in [-0.4, -0.2) is 5.38 Å². The summed E-state index contributed by atoms with van der Waals surface area (Å²) in [6.07, 6.45) is 4.58. The lowest BCUT2D eigenvalue weighted by Crippen LogP contribution is -1.93. The van der Waals surface area contributed by atoms with E-state index in [0.717, 1.165) is 19.3 Å². The highest BCUT2D eigenvalue weighted by Crippen LogP contribution is 2.11. The summed E-state index contributed by atoms with van der Waals surface area (Å²) < 4.78 is 0. The quantitative estimate of drug-likeness (QED) is 0.639. The second kappa shape index (κ2) is 6.08. The van der Waals surface area contributed by atoms with Crippen LogP contribution in [-0.2, 0) is 12.8 Å². The van der Waals surface area contributed by atoms with Crippen molar-refractivity contribution in [1.82, 2.24) is 0 Å². The topological polar surface area (TPSA) is 0 Å². The molecule has 1 aromatic rings. The summed E-state index contributed by atoms with van der Waals surface area (Å²) in [5.41, 5.74) is 2.85. The summed E-state index contributed by atoms with van der Waals surface area (Å²) in [6, 6.07) is 8.91. The first-order valence-corrected chi connectivity index (χ1v) is 5.88. The first-order valence-electron chi connectivity index (χ1n) is 5.44. The Bertz CT molecular complexity index is 248. The Hall–Kier alpha value is -0.490. The summed E-state index contributed by atoms with van der Waals surface area (Å²) in [5.74, 6) is 0. The highest BCUT2D eigenvalue weighted by molar-refractivity contribution is 6.20. The largest absolute Gasteiger partial charge is 0.123 e. The fourth-order valence-corrected chi connectivity index (χ4v) is 1.68. The van der Waals surface area contributed by atoms with Crippen molar-refractivity contribution in [3.05, 3.63) is 35.4 Å². The zero-order valence-corrected chi connectivity index (χ0v) is 9.85. The molecule has 1 aromatic carbocycles. The zero-order chi connectivity index (χ0) is 10.4. The van der Waals surface area contributed by atoms with Gasteiger partial charge in [0.15, 0.2) is 0 Å². The minimum atomic E-state index is 0.310. The number of benzene rings is 1. The van der Waals surface area contributed by atoms with Crippen molar-refractivity contribution in [3.63, 3.8) is 0 Å². The lowest BCUT2D eigenvalue weighted by Gasteiger charge is -2.04. The van der Waals surface area contributed by atoms with Gasteiger partial charge in [0.2, 0.25) is 0 Å². The van der Waals surface area contributed by atoms with Gasteiger partial charge in [-0.05, 0) is 43.7 Å². The van der Waals surface area contributed by atoms with E-state index in [4.69, 9.17) is 11.6 Å². The van der Waals surface area contributed by atoms with Crippen LogP contribution in [0.3, 0.4) is 0 Å². The third kappa shape index (κ3) is 4.15. The zero-order valence-electron chi connectivity index (χ0n) is 9.09. The van der Waals surface area contributed by atoms with Gasteiger partial charge in [-0.1, -0.05) is 31.2 Å². The third-order valence-electron chi connectivity index (χ3n) is 2.50. The molecular weight excluding hydrogens is 192 g/mol. The highest BCUT2D eigenvalue weighted by atomic mass is 35.5. The van der Waals surface area contributed by atoms with Crippen LogP contribution in [0, 0.1) is 0 Å². The molecule has 0 saturated carbocycles. The minimum Gasteiger partial charge on any atom is -0.123 e. The van der Waals surface area contributed by atoms with E-state index < -0.39 is 0 Å². The number of alkyl halides is 1. The van der Waals surface area contributed by atoms with Gasteiger partial charge in [-0.3, -0.25) is 0 Å². The van der Waals surface area contributed by atoms with Crippen molar-refractivity contribution in [1.29, 1.82) is 0 Å². The van der Waals surface area contributed by atoms with Crippen molar-refractivity contribution in [2.45, 2.75) is 44.9 Å². The molecule has 0 aromatic heterocycles. The number of aryl methyl sites for hydroxylation is 2. The van der Waals surface area contributed by atoms with Gasteiger partial charge in [-0.25, -0.2) is 0 Å². The molecule has 1 unspecified atom stereocenters. The average molecular weight is 211 g/mol. The van der Waals surface area contributed by atoms with Crippen molar-refractivity contribution in [3.8, 4) is 0 Å².